The van der Waals surface area contributed by atoms with Crippen molar-refractivity contribution in [3.8, 4) is 0 Å². The first-order chi connectivity index (χ1) is 8.04. The zero-order valence-electron chi connectivity index (χ0n) is 9.67. The van der Waals surface area contributed by atoms with Crippen molar-refractivity contribution in [2.45, 2.75) is 26.8 Å². The van der Waals surface area contributed by atoms with Gasteiger partial charge in [-0.15, -0.1) is 0 Å². The van der Waals surface area contributed by atoms with Gasteiger partial charge in [0.1, 0.15) is 11.6 Å². The average Bonchev–Trinajstić information content (AvgIpc) is 2.26. The highest BCUT2D eigenvalue weighted by atomic mass is 19.1. The van der Waals surface area contributed by atoms with Crippen LogP contribution < -0.4 is 0 Å². The maximum atomic E-state index is 13.2. The fourth-order valence-electron chi connectivity index (χ4n) is 1.26. The van der Waals surface area contributed by atoms with Gasteiger partial charge in [0.15, 0.2) is 0 Å². The van der Waals surface area contributed by atoms with Crippen molar-refractivity contribution >= 4 is 5.71 Å². The highest BCUT2D eigenvalue weighted by Gasteiger charge is 2.08. The van der Waals surface area contributed by atoms with Gasteiger partial charge in [-0.3, -0.25) is 9.98 Å². The summed E-state index contributed by atoms with van der Waals surface area (Å²) in [6.45, 7) is 2.92. The molecule has 17 heavy (non-hydrogen) atoms. The standard InChI is InChI=1S/C12H13F3N2/c1-3-9(4-8(2)13)17-5-10-11(14)6-16-7-12(10)15/h4,6-7H,3,5H2,1-2H3/b8-4+,17-9?. The van der Waals surface area contributed by atoms with Gasteiger partial charge < -0.3 is 0 Å². The SMILES string of the molecule is CCC(/C=C(\C)F)=NCc1c(F)cncc1F. The molecule has 0 spiro atoms. The van der Waals surface area contributed by atoms with Gasteiger partial charge in [0.2, 0.25) is 0 Å². The van der Waals surface area contributed by atoms with Crippen molar-refractivity contribution in [3.05, 3.63) is 41.5 Å². The van der Waals surface area contributed by atoms with Crippen LogP contribution in [0.25, 0.3) is 0 Å². The van der Waals surface area contributed by atoms with Gasteiger partial charge in [-0.25, -0.2) is 13.2 Å². The van der Waals surface area contributed by atoms with Crippen LogP contribution >= 0.6 is 0 Å². The summed E-state index contributed by atoms with van der Waals surface area (Å²) >= 11 is 0. The molecule has 0 unspecified atom stereocenters. The number of aliphatic imine (C=N–C) groups is 1. The molecule has 1 heterocycles. The third kappa shape index (κ3) is 4.01. The smallest absolute Gasteiger partial charge is 0.149 e. The van der Waals surface area contributed by atoms with E-state index in [0.29, 0.717) is 12.1 Å². The first kappa shape index (κ1) is 13.4. The van der Waals surface area contributed by atoms with Crippen LogP contribution in [0.4, 0.5) is 13.2 Å². The molecule has 0 N–H and O–H groups in total. The lowest BCUT2D eigenvalue weighted by atomic mass is 10.2. The summed E-state index contributed by atoms with van der Waals surface area (Å²) in [5.41, 5.74) is 0.302. The molecule has 0 amide bonds. The zero-order chi connectivity index (χ0) is 12.8. The Morgan fingerprint density at radius 1 is 1.35 bits per heavy atom. The molecule has 1 aromatic rings. The lowest BCUT2D eigenvalue weighted by Gasteiger charge is -2.02. The topological polar surface area (TPSA) is 25.2 Å². The molecule has 0 aromatic carbocycles. The predicted octanol–water partition coefficient (Wildman–Crippen LogP) is 3.58. The van der Waals surface area contributed by atoms with Crippen LogP contribution in [0.5, 0.6) is 0 Å². The van der Waals surface area contributed by atoms with E-state index in [2.05, 4.69) is 9.98 Å². The number of hydrogen-bond donors (Lipinski definition) is 0. The third-order valence-corrected chi connectivity index (χ3v) is 2.12. The van der Waals surface area contributed by atoms with Crippen molar-refractivity contribution in [3.63, 3.8) is 0 Å². The highest BCUT2D eigenvalue weighted by Crippen LogP contribution is 2.12. The van der Waals surface area contributed by atoms with E-state index in [0.717, 1.165) is 12.4 Å². The van der Waals surface area contributed by atoms with Crippen LogP contribution in [0.15, 0.2) is 29.3 Å². The molecular weight excluding hydrogens is 229 g/mol. The molecule has 5 heteroatoms. The minimum absolute atomic E-state index is 0.157. The van der Waals surface area contributed by atoms with Gasteiger partial charge in [-0.1, -0.05) is 6.92 Å². The third-order valence-electron chi connectivity index (χ3n) is 2.12. The van der Waals surface area contributed by atoms with Crippen LogP contribution in [0.2, 0.25) is 0 Å². The second kappa shape index (κ2) is 6.18. The van der Waals surface area contributed by atoms with E-state index in [4.69, 9.17) is 0 Å². The van der Waals surface area contributed by atoms with Crippen molar-refractivity contribution in [1.82, 2.24) is 4.98 Å². The number of aromatic nitrogens is 1. The van der Waals surface area contributed by atoms with Crippen molar-refractivity contribution in [2.24, 2.45) is 4.99 Å². The van der Waals surface area contributed by atoms with Crippen LogP contribution in [0, 0.1) is 11.6 Å². The Hall–Kier alpha value is -1.65. The lowest BCUT2D eigenvalue weighted by molar-refractivity contribution is 0.547. The molecule has 0 aliphatic rings. The monoisotopic (exact) mass is 242 g/mol. The maximum absolute atomic E-state index is 13.2. The molecule has 92 valence electrons. The predicted molar refractivity (Wildman–Crippen MR) is 60.4 cm³/mol. The second-order valence-corrected chi connectivity index (χ2v) is 3.47. The van der Waals surface area contributed by atoms with Gasteiger partial charge in [0.25, 0.3) is 0 Å². The van der Waals surface area contributed by atoms with E-state index in [1.54, 1.807) is 6.92 Å². The summed E-state index contributed by atoms with van der Waals surface area (Å²) in [5.74, 6) is -1.88. The van der Waals surface area contributed by atoms with E-state index >= 15 is 0 Å². The Kier molecular flexibility index (Phi) is 4.87. The molecule has 0 saturated heterocycles. The largest absolute Gasteiger partial charge is 0.285 e. The number of hydrogen-bond acceptors (Lipinski definition) is 2. The fourth-order valence-corrected chi connectivity index (χ4v) is 1.26. The molecule has 1 rings (SSSR count). The van der Waals surface area contributed by atoms with Crippen LogP contribution in [-0.4, -0.2) is 10.7 Å². The normalized spacial score (nSPS) is 13.0. The van der Waals surface area contributed by atoms with Gasteiger partial charge in [0, 0.05) is 11.3 Å². The lowest BCUT2D eigenvalue weighted by Crippen LogP contribution is -1.99. The maximum Gasteiger partial charge on any atom is 0.149 e. The van der Waals surface area contributed by atoms with Crippen molar-refractivity contribution < 1.29 is 13.2 Å². The molecule has 2 nitrogen and oxygen atoms in total. The number of rotatable bonds is 4. The number of nitrogens with zero attached hydrogens (tertiary/aromatic N) is 2. The van der Waals surface area contributed by atoms with E-state index in [1.165, 1.54) is 13.0 Å². The van der Waals surface area contributed by atoms with Gasteiger partial charge in [-0.05, 0) is 19.4 Å². The highest BCUT2D eigenvalue weighted by molar-refractivity contribution is 5.94. The number of halogens is 3. The van der Waals surface area contributed by atoms with E-state index in [1.807, 2.05) is 0 Å². The molecule has 0 atom stereocenters. The fraction of sp³-hybridized carbons (Fsp3) is 0.333. The second-order valence-electron chi connectivity index (χ2n) is 3.47. The summed E-state index contributed by atoms with van der Waals surface area (Å²) in [4.78, 5) is 7.34. The number of allylic oxidation sites excluding steroid dienone is 2. The Labute approximate surface area is 97.9 Å². The van der Waals surface area contributed by atoms with Crippen LogP contribution in [0.1, 0.15) is 25.8 Å². The first-order valence-corrected chi connectivity index (χ1v) is 5.19. The Morgan fingerprint density at radius 2 is 1.94 bits per heavy atom. The van der Waals surface area contributed by atoms with E-state index < -0.39 is 11.6 Å². The quantitative estimate of drug-likeness (QED) is 0.741. The van der Waals surface area contributed by atoms with Crippen molar-refractivity contribution in [1.29, 1.82) is 0 Å². The minimum Gasteiger partial charge on any atom is -0.285 e. The average molecular weight is 242 g/mol. The molecular formula is C12H13F3N2. The van der Waals surface area contributed by atoms with Gasteiger partial charge in [-0.2, -0.15) is 0 Å². The van der Waals surface area contributed by atoms with E-state index in [-0.39, 0.29) is 17.9 Å². The summed E-state index contributed by atoms with van der Waals surface area (Å²) in [6.07, 6.45) is 3.60. The Morgan fingerprint density at radius 3 is 2.41 bits per heavy atom. The van der Waals surface area contributed by atoms with Crippen molar-refractivity contribution in [2.75, 3.05) is 0 Å². The Bertz CT molecular complexity index is 429. The molecule has 1 aromatic heterocycles. The minimum atomic E-state index is -0.745. The molecule has 0 bridgehead atoms. The summed E-state index contributed by atoms with van der Waals surface area (Å²) < 4.78 is 39.1. The van der Waals surface area contributed by atoms with Crippen LogP contribution in [0.3, 0.4) is 0 Å². The van der Waals surface area contributed by atoms with E-state index in [9.17, 15) is 13.2 Å². The Balaban J connectivity index is 2.91. The molecule has 0 aliphatic carbocycles. The van der Waals surface area contributed by atoms with Gasteiger partial charge in [0.05, 0.1) is 24.8 Å². The van der Waals surface area contributed by atoms with Crippen LogP contribution in [-0.2, 0) is 6.54 Å². The summed E-state index contributed by atoms with van der Waals surface area (Å²) in [6, 6.07) is 0. The summed E-state index contributed by atoms with van der Waals surface area (Å²) in [5, 5.41) is 0. The zero-order valence-corrected chi connectivity index (χ0v) is 9.67. The molecule has 0 radical (unpaired) electrons. The molecule has 0 saturated carbocycles. The number of pyridine rings is 1. The van der Waals surface area contributed by atoms with Gasteiger partial charge >= 0.3 is 0 Å². The first-order valence-electron chi connectivity index (χ1n) is 5.19. The summed E-state index contributed by atoms with van der Waals surface area (Å²) in [7, 11) is 0. The molecule has 0 fully saturated rings. The molecule has 0 aliphatic heterocycles.